The SMILES string of the molecule is COc1cccc(C(=O)N2CCC(O)(C(=O)O)CC2)c1C. The molecule has 1 aliphatic heterocycles. The molecule has 1 aromatic carbocycles. The van der Waals surface area contributed by atoms with Crippen molar-refractivity contribution in [2.24, 2.45) is 0 Å². The van der Waals surface area contributed by atoms with Gasteiger partial charge in [-0.25, -0.2) is 4.79 Å². The van der Waals surface area contributed by atoms with E-state index < -0.39 is 11.6 Å². The summed E-state index contributed by atoms with van der Waals surface area (Å²) in [5.41, 5.74) is -0.431. The number of hydrogen-bond acceptors (Lipinski definition) is 4. The lowest BCUT2D eigenvalue weighted by molar-refractivity contribution is -0.162. The molecule has 21 heavy (non-hydrogen) atoms. The van der Waals surface area contributed by atoms with Crippen LogP contribution in [-0.4, -0.2) is 52.8 Å². The summed E-state index contributed by atoms with van der Waals surface area (Å²) in [6.07, 6.45) is 0.0776. The van der Waals surface area contributed by atoms with Crippen LogP contribution in [0.3, 0.4) is 0 Å². The van der Waals surface area contributed by atoms with E-state index in [0.29, 0.717) is 11.3 Å². The predicted molar refractivity (Wildman–Crippen MR) is 75.5 cm³/mol. The van der Waals surface area contributed by atoms with Crippen molar-refractivity contribution in [1.82, 2.24) is 4.90 Å². The highest BCUT2D eigenvalue weighted by Gasteiger charge is 2.40. The lowest BCUT2D eigenvalue weighted by Crippen LogP contribution is -2.50. The minimum atomic E-state index is -1.72. The van der Waals surface area contributed by atoms with Crippen LogP contribution >= 0.6 is 0 Å². The smallest absolute Gasteiger partial charge is 0.335 e. The molecule has 0 radical (unpaired) electrons. The first-order valence-corrected chi connectivity index (χ1v) is 6.78. The molecule has 6 nitrogen and oxygen atoms in total. The molecule has 1 aliphatic rings. The standard InChI is InChI=1S/C15H19NO5/c1-10-11(4-3-5-12(10)21-2)13(17)16-8-6-15(20,7-9-16)14(18)19/h3-5,20H,6-9H2,1-2H3,(H,18,19). The summed E-state index contributed by atoms with van der Waals surface area (Å²) in [6, 6.07) is 5.25. The second-order valence-electron chi connectivity index (χ2n) is 5.26. The molecule has 1 aromatic rings. The van der Waals surface area contributed by atoms with Crippen LogP contribution in [0.1, 0.15) is 28.8 Å². The second-order valence-corrected chi connectivity index (χ2v) is 5.26. The maximum Gasteiger partial charge on any atom is 0.335 e. The van der Waals surface area contributed by atoms with Gasteiger partial charge in [0, 0.05) is 37.1 Å². The quantitative estimate of drug-likeness (QED) is 0.870. The molecule has 2 rings (SSSR count). The number of carbonyl (C=O) groups is 2. The van der Waals surface area contributed by atoms with E-state index in [1.54, 1.807) is 30.2 Å². The molecule has 1 heterocycles. The van der Waals surface area contributed by atoms with Crippen LogP contribution in [0.2, 0.25) is 0 Å². The number of amides is 1. The van der Waals surface area contributed by atoms with E-state index in [-0.39, 0.29) is 31.8 Å². The van der Waals surface area contributed by atoms with E-state index in [0.717, 1.165) is 5.56 Å². The zero-order valence-electron chi connectivity index (χ0n) is 12.1. The summed E-state index contributed by atoms with van der Waals surface area (Å²) in [6.45, 7) is 2.25. The first kappa shape index (κ1) is 15.3. The van der Waals surface area contributed by atoms with Crippen LogP contribution in [0, 0.1) is 6.92 Å². The van der Waals surface area contributed by atoms with Crippen LogP contribution < -0.4 is 4.74 Å². The Morgan fingerprint density at radius 3 is 2.43 bits per heavy atom. The number of benzene rings is 1. The Hall–Kier alpha value is -2.08. The molecule has 0 saturated carbocycles. The largest absolute Gasteiger partial charge is 0.496 e. The van der Waals surface area contributed by atoms with Gasteiger partial charge in [-0.15, -0.1) is 0 Å². The van der Waals surface area contributed by atoms with Crippen LogP contribution in [-0.2, 0) is 4.79 Å². The zero-order chi connectivity index (χ0) is 15.6. The van der Waals surface area contributed by atoms with Gasteiger partial charge in [-0.3, -0.25) is 4.79 Å². The fourth-order valence-electron chi connectivity index (χ4n) is 2.53. The highest BCUT2D eigenvalue weighted by Crippen LogP contribution is 2.26. The number of piperidine rings is 1. The summed E-state index contributed by atoms with van der Waals surface area (Å²) in [5.74, 6) is -0.758. The van der Waals surface area contributed by atoms with Crippen LogP contribution in [0.15, 0.2) is 18.2 Å². The average molecular weight is 293 g/mol. The summed E-state index contributed by atoms with van der Waals surface area (Å²) in [7, 11) is 1.55. The number of carboxylic acid groups (broad SMARTS) is 1. The lowest BCUT2D eigenvalue weighted by Gasteiger charge is -2.35. The number of likely N-dealkylation sites (tertiary alicyclic amines) is 1. The number of ether oxygens (including phenoxy) is 1. The number of nitrogens with zero attached hydrogens (tertiary/aromatic N) is 1. The third kappa shape index (κ3) is 2.85. The molecular weight excluding hydrogens is 274 g/mol. The topological polar surface area (TPSA) is 87.1 Å². The normalized spacial score (nSPS) is 17.4. The van der Waals surface area contributed by atoms with Crippen molar-refractivity contribution in [1.29, 1.82) is 0 Å². The molecule has 1 saturated heterocycles. The molecule has 0 bridgehead atoms. The Balaban J connectivity index is 2.14. The van der Waals surface area contributed by atoms with Gasteiger partial charge in [0.25, 0.3) is 5.91 Å². The van der Waals surface area contributed by atoms with E-state index in [9.17, 15) is 14.7 Å². The molecule has 2 N–H and O–H groups in total. The van der Waals surface area contributed by atoms with Gasteiger partial charge < -0.3 is 19.8 Å². The summed E-state index contributed by atoms with van der Waals surface area (Å²) in [4.78, 5) is 25.1. The Kier molecular flexibility index (Phi) is 4.18. The van der Waals surface area contributed by atoms with Gasteiger partial charge in [-0.1, -0.05) is 6.07 Å². The van der Waals surface area contributed by atoms with Gasteiger partial charge in [0.05, 0.1) is 7.11 Å². The number of carboxylic acids is 1. The third-order valence-electron chi connectivity index (χ3n) is 4.01. The Bertz CT molecular complexity index is 561. The molecule has 6 heteroatoms. The van der Waals surface area contributed by atoms with Crippen molar-refractivity contribution in [2.75, 3.05) is 20.2 Å². The van der Waals surface area contributed by atoms with Crippen LogP contribution in [0.4, 0.5) is 0 Å². The van der Waals surface area contributed by atoms with Crippen LogP contribution in [0.5, 0.6) is 5.75 Å². The van der Waals surface area contributed by atoms with Crippen LogP contribution in [0.25, 0.3) is 0 Å². The highest BCUT2D eigenvalue weighted by atomic mass is 16.5. The van der Waals surface area contributed by atoms with E-state index in [1.807, 2.05) is 6.92 Å². The van der Waals surface area contributed by atoms with Crippen molar-refractivity contribution in [3.8, 4) is 5.75 Å². The molecule has 0 unspecified atom stereocenters. The van der Waals surface area contributed by atoms with E-state index in [2.05, 4.69) is 0 Å². The number of aliphatic hydroxyl groups is 1. The molecule has 0 spiro atoms. The van der Waals surface area contributed by atoms with Gasteiger partial charge in [-0.05, 0) is 19.1 Å². The molecule has 1 fully saturated rings. The van der Waals surface area contributed by atoms with Gasteiger partial charge in [0.15, 0.2) is 5.60 Å². The zero-order valence-corrected chi connectivity index (χ0v) is 12.1. The molecule has 0 atom stereocenters. The molecule has 0 aliphatic carbocycles. The molecule has 114 valence electrons. The molecule has 1 amide bonds. The minimum absolute atomic E-state index is 0.0388. The third-order valence-corrected chi connectivity index (χ3v) is 4.01. The lowest BCUT2D eigenvalue weighted by atomic mass is 9.91. The van der Waals surface area contributed by atoms with Crippen molar-refractivity contribution in [3.05, 3.63) is 29.3 Å². The minimum Gasteiger partial charge on any atom is -0.496 e. The maximum absolute atomic E-state index is 12.5. The van der Waals surface area contributed by atoms with Gasteiger partial charge in [-0.2, -0.15) is 0 Å². The average Bonchev–Trinajstić information content (AvgIpc) is 2.47. The molecule has 0 aromatic heterocycles. The van der Waals surface area contributed by atoms with Gasteiger partial charge in [0.1, 0.15) is 5.75 Å². The fraction of sp³-hybridized carbons (Fsp3) is 0.467. The Morgan fingerprint density at radius 2 is 1.90 bits per heavy atom. The summed E-state index contributed by atoms with van der Waals surface area (Å²) >= 11 is 0. The molecular formula is C15H19NO5. The van der Waals surface area contributed by atoms with Crippen molar-refractivity contribution in [2.45, 2.75) is 25.4 Å². The van der Waals surface area contributed by atoms with Crippen molar-refractivity contribution >= 4 is 11.9 Å². The van der Waals surface area contributed by atoms with E-state index >= 15 is 0 Å². The number of methoxy groups -OCH3 is 1. The summed E-state index contributed by atoms with van der Waals surface area (Å²) < 4.78 is 5.20. The number of rotatable bonds is 3. The van der Waals surface area contributed by atoms with Crippen molar-refractivity contribution < 1.29 is 24.5 Å². The maximum atomic E-state index is 12.5. The highest BCUT2D eigenvalue weighted by molar-refractivity contribution is 5.96. The number of aliphatic carboxylic acids is 1. The Morgan fingerprint density at radius 1 is 1.29 bits per heavy atom. The van der Waals surface area contributed by atoms with Gasteiger partial charge >= 0.3 is 5.97 Å². The number of hydrogen-bond donors (Lipinski definition) is 2. The second kappa shape index (κ2) is 5.73. The van der Waals surface area contributed by atoms with Gasteiger partial charge in [0.2, 0.25) is 0 Å². The first-order valence-electron chi connectivity index (χ1n) is 6.78. The van der Waals surface area contributed by atoms with E-state index in [1.165, 1.54) is 0 Å². The predicted octanol–water partition coefficient (Wildman–Crippen LogP) is 1.06. The van der Waals surface area contributed by atoms with Crippen molar-refractivity contribution in [3.63, 3.8) is 0 Å². The van der Waals surface area contributed by atoms with E-state index in [4.69, 9.17) is 9.84 Å². The fourth-order valence-corrected chi connectivity index (χ4v) is 2.53. The Labute approximate surface area is 122 Å². The first-order chi connectivity index (χ1) is 9.89. The summed E-state index contributed by atoms with van der Waals surface area (Å²) in [5, 5.41) is 18.9. The monoisotopic (exact) mass is 293 g/mol. The number of carbonyl (C=O) groups excluding carboxylic acids is 1.